The van der Waals surface area contributed by atoms with Crippen LogP contribution in [0.1, 0.15) is 11.1 Å². The summed E-state index contributed by atoms with van der Waals surface area (Å²) in [7, 11) is 0. The van der Waals surface area contributed by atoms with E-state index in [2.05, 4.69) is 5.32 Å². The molecule has 1 N–H and O–H groups in total. The van der Waals surface area contributed by atoms with E-state index in [-0.39, 0.29) is 5.91 Å². The maximum absolute atomic E-state index is 11.8. The summed E-state index contributed by atoms with van der Waals surface area (Å²) in [5, 5.41) is 3.27. The Hall–Kier alpha value is -1.82. The highest BCUT2D eigenvalue weighted by atomic mass is 35.5. The molecule has 1 fully saturated rings. The number of carbonyl (C=O) groups is 1. The Balaban J connectivity index is 1.81. The van der Waals surface area contributed by atoms with Crippen LogP contribution in [-0.4, -0.2) is 10.2 Å². The Morgan fingerprint density at radius 2 is 1.91 bits per heavy atom. The van der Waals surface area contributed by atoms with Gasteiger partial charge in [-0.25, -0.2) is 0 Å². The predicted octanol–water partition coefficient (Wildman–Crippen LogP) is 4.41. The largest absolute Gasteiger partial charge is 0.488 e. The van der Waals surface area contributed by atoms with Crippen LogP contribution >= 0.6 is 35.6 Å². The number of carbonyl (C=O) groups excluding carboxylic acids is 1. The number of hydrogen-bond donors (Lipinski definition) is 1. The molecule has 1 saturated heterocycles. The molecule has 0 radical (unpaired) electrons. The molecule has 1 aliphatic heterocycles. The van der Waals surface area contributed by atoms with Crippen LogP contribution in [0.4, 0.5) is 0 Å². The summed E-state index contributed by atoms with van der Waals surface area (Å²) in [5.41, 5.74) is 1.73. The Morgan fingerprint density at radius 3 is 2.65 bits per heavy atom. The highest BCUT2D eigenvalue weighted by Crippen LogP contribution is 2.29. The Morgan fingerprint density at radius 1 is 1.17 bits per heavy atom. The quantitative estimate of drug-likeness (QED) is 0.646. The van der Waals surface area contributed by atoms with Gasteiger partial charge in [0.1, 0.15) is 16.7 Å². The van der Waals surface area contributed by atoms with Crippen molar-refractivity contribution < 1.29 is 9.53 Å². The lowest BCUT2D eigenvalue weighted by atomic mass is 10.2. The molecule has 0 aromatic heterocycles. The van der Waals surface area contributed by atoms with Crippen LogP contribution in [0.25, 0.3) is 6.08 Å². The maximum Gasteiger partial charge on any atom is 0.263 e. The van der Waals surface area contributed by atoms with Crippen molar-refractivity contribution in [2.75, 3.05) is 0 Å². The molecule has 2 aromatic carbocycles. The van der Waals surface area contributed by atoms with E-state index in [1.54, 1.807) is 6.08 Å². The molecule has 2 aromatic rings. The van der Waals surface area contributed by atoms with E-state index in [4.69, 9.17) is 28.6 Å². The van der Waals surface area contributed by atoms with Crippen molar-refractivity contribution in [1.29, 1.82) is 0 Å². The Bertz CT molecular complexity index is 805. The molecule has 0 spiro atoms. The molecular formula is C17H12ClNO2S2. The van der Waals surface area contributed by atoms with Gasteiger partial charge in [0.05, 0.1) is 4.91 Å². The van der Waals surface area contributed by atoms with Gasteiger partial charge in [-0.3, -0.25) is 4.79 Å². The minimum Gasteiger partial charge on any atom is -0.488 e. The van der Waals surface area contributed by atoms with E-state index in [1.807, 2.05) is 48.5 Å². The lowest BCUT2D eigenvalue weighted by molar-refractivity contribution is -0.115. The molecule has 0 atom stereocenters. The fourth-order valence-corrected chi connectivity index (χ4v) is 3.29. The molecule has 0 bridgehead atoms. The van der Waals surface area contributed by atoms with Gasteiger partial charge in [-0.1, -0.05) is 72.0 Å². The van der Waals surface area contributed by atoms with Crippen molar-refractivity contribution in [3.63, 3.8) is 0 Å². The molecule has 1 aliphatic rings. The topological polar surface area (TPSA) is 38.3 Å². The second-order valence-electron chi connectivity index (χ2n) is 4.77. The van der Waals surface area contributed by atoms with Gasteiger partial charge >= 0.3 is 0 Å². The van der Waals surface area contributed by atoms with Crippen LogP contribution in [0.2, 0.25) is 5.02 Å². The number of nitrogens with one attached hydrogen (secondary N) is 1. The van der Waals surface area contributed by atoms with Crippen LogP contribution in [0.3, 0.4) is 0 Å². The maximum atomic E-state index is 11.8. The summed E-state index contributed by atoms with van der Waals surface area (Å²) in [6.45, 7) is 0.359. The van der Waals surface area contributed by atoms with E-state index in [0.717, 1.165) is 11.1 Å². The van der Waals surface area contributed by atoms with Crippen LogP contribution in [0, 0.1) is 0 Å². The number of ether oxygens (including phenoxy) is 1. The van der Waals surface area contributed by atoms with Crippen molar-refractivity contribution in [1.82, 2.24) is 5.32 Å². The van der Waals surface area contributed by atoms with Gasteiger partial charge in [-0.2, -0.15) is 0 Å². The number of hydrogen-bond acceptors (Lipinski definition) is 4. The summed E-state index contributed by atoms with van der Waals surface area (Å²) in [5.74, 6) is 0.507. The van der Waals surface area contributed by atoms with E-state index < -0.39 is 0 Å². The smallest absolute Gasteiger partial charge is 0.263 e. The zero-order chi connectivity index (χ0) is 16.2. The number of thioether (sulfide) groups is 1. The number of para-hydroxylation sites is 1. The van der Waals surface area contributed by atoms with E-state index in [0.29, 0.717) is 26.6 Å². The summed E-state index contributed by atoms with van der Waals surface area (Å²) in [6.07, 6.45) is 1.78. The van der Waals surface area contributed by atoms with Crippen molar-refractivity contribution in [2.45, 2.75) is 6.61 Å². The third kappa shape index (κ3) is 3.93. The molecule has 6 heteroatoms. The Kier molecular flexibility index (Phi) is 5.00. The van der Waals surface area contributed by atoms with E-state index in [9.17, 15) is 4.79 Å². The predicted molar refractivity (Wildman–Crippen MR) is 98.5 cm³/mol. The fraction of sp³-hybridized carbons (Fsp3) is 0.0588. The lowest BCUT2D eigenvalue weighted by Gasteiger charge is -2.10. The standard InChI is InChI=1S/C17H12ClNO2S2/c18-13-7-3-1-6-12(13)10-21-14-8-4-2-5-11(14)9-15-16(20)19-17(22)23-15/h1-9H,10H2,(H,19,20,22). The number of thiocarbonyl (C=S) groups is 1. The average Bonchev–Trinajstić information content (AvgIpc) is 2.85. The SMILES string of the molecule is O=C1NC(=S)SC1=Cc1ccccc1OCc1ccccc1Cl. The fourth-order valence-electron chi connectivity index (χ4n) is 2.06. The zero-order valence-corrected chi connectivity index (χ0v) is 14.3. The second-order valence-corrected chi connectivity index (χ2v) is 6.90. The van der Waals surface area contributed by atoms with Crippen molar-refractivity contribution >= 4 is 51.9 Å². The third-order valence-corrected chi connectivity index (χ3v) is 4.72. The van der Waals surface area contributed by atoms with Gasteiger partial charge in [0.25, 0.3) is 5.91 Å². The number of rotatable bonds is 4. The van der Waals surface area contributed by atoms with Gasteiger partial charge < -0.3 is 10.1 Å². The van der Waals surface area contributed by atoms with Crippen molar-refractivity contribution in [3.8, 4) is 5.75 Å². The number of benzene rings is 2. The molecular weight excluding hydrogens is 350 g/mol. The highest BCUT2D eigenvalue weighted by molar-refractivity contribution is 8.26. The second kappa shape index (κ2) is 7.17. The highest BCUT2D eigenvalue weighted by Gasteiger charge is 2.22. The van der Waals surface area contributed by atoms with Crippen LogP contribution in [0.15, 0.2) is 53.4 Å². The van der Waals surface area contributed by atoms with E-state index >= 15 is 0 Å². The first kappa shape index (κ1) is 16.1. The van der Waals surface area contributed by atoms with Crippen molar-refractivity contribution in [3.05, 3.63) is 69.6 Å². The first-order chi connectivity index (χ1) is 11.1. The lowest BCUT2D eigenvalue weighted by Crippen LogP contribution is -2.17. The monoisotopic (exact) mass is 361 g/mol. The number of halogens is 1. The number of amides is 1. The molecule has 3 nitrogen and oxygen atoms in total. The minimum atomic E-state index is -0.180. The van der Waals surface area contributed by atoms with Gasteiger partial charge in [0, 0.05) is 16.1 Å². The molecule has 116 valence electrons. The normalized spacial score (nSPS) is 15.8. The molecule has 0 saturated carbocycles. The molecule has 1 heterocycles. The summed E-state index contributed by atoms with van der Waals surface area (Å²) in [6, 6.07) is 15.1. The minimum absolute atomic E-state index is 0.180. The molecule has 0 unspecified atom stereocenters. The van der Waals surface area contributed by atoms with E-state index in [1.165, 1.54) is 11.8 Å². The first-order valence-corrected chi connectivity index (χ1v) is 8.44. The molecule has 23 heavy (non-hydrogen) atoms. The molecule has 3 rings (SSSR count). The Labute approximate surface area is 148 Å². The van der Waals surface area contributed by atoms with Crippen LogP contribution < -0.4 is 10.1 Å². The summed E-state index contributed by atoms with van der Waals surface area (Å²) >= 11 is 12.4. The third-order valence-electron chi connectivity index (χ3n) is 3.19. The van der Waals surface area contributed by atoms with Gasteiger partial charge in [-0.05, 0) is 18.2 Å². The average molecular weight is 362 g/mol. The summed E-state index contributed by atoms with van der Waals surface area (Å²) < 4.78 is 6.34. The molecule has 1 amide bonds. The van der Waals surface area contributed by atoms with Gasteiger partial charge in [-0.15, -0.1) is 0 Å². The van der Waals surface area contributed by atoms with Gasteiger partial charge in [0.15, 0.2) is 0 Å². The van der Waals surface area contributed by atoms with Crippen LogP contribution in [0.5, 0.6) is 5.75 Å². The zero-order valence-electron chi connectivity index (χ0n) is 11.9. The van der Waals surface area contributed by atoms with Gasteiger partial charge in [0.2, 0.25) is 0 Å². The summed E-state index contributed by atoms with van der Waals surface area (Å²) in [4.78, 5) is 12.3. The van der Waals surface area contributed by atoms with Crippen molar-refractivity contribution in [2.24, 2.45) is 0 Å². The first-order valence-electron chi connectivity index (χ1n) is 6.83. The molecule has 0 aliphatic carbocycles. The van der Waals surface area contributed by atoms with Crippen LogP contribution in [-0.2, 0) is 11.4 Å².